The lowest BCUT2D eigenvalue weighted by atomic mass is 9.94. The van der Waals surface area contributed by atoms with Crippen LogP contribution in [-0.4, -0.2) is 35.6 Å². The fourth-order valence-electron chi connectivity index (χ4n) is 3.12. The molecule has 1 aromatic heterocycles. The molecule has 1 aliphatic rings. The Kier molecular flexibility index (Phi) is 4.13. The van der Waals surface area contributed by atoms with Crippen LogP contribution in [0.25, 0.3) is 0 Å². The summed E-state index contributed by atoms with van der Waals surface area (Å²) < 4.78 is 2.31. The second-order valence-electron chi connectivity index (χ2n) is 5.86. The van der Waals surface area contributed by atoms with Crippen LogP contribution in [-0.2, 0) is 7.05 Å². The number of aryl methyl sites for hydroxylation is 1. The van der Waals surface area contributed by atoms with Crippen LogP contribution >= 0.6 is 0 Å². The van der Waals surface area contributed by atoms with Gasteiger partial charge in [0.1, 0.15) is 0 Å². The highest BCUT2D eigenvalue weighted by molar-refractivity contribution is 5.30. The minimum atomic E-state index is 0.562. The fraction of sp³-hybridized carbons (Fsp3) is 0.733. The van der Waals surface area contributed by atoms with Crippen LogP contribution in [0.3, 0.4) is 0 Å². The summed E-state index contributed by atoms with van der Waals surface area (Å²) in [6.07, 6.45) is 0. The van der Waals surface area contributed by atoms with E-state index < -0.39 is 0 Å². The summed E-state index contributed by atoms with van der Waals surface area (Å²) in [5.41, 5.74) is 4.31. The Hall–Kier alpha value is -0.800. The van der Waals surface area contributed by atoms with Gasteiger partial charge in [0.15, 0.2) is 0 Å². The monoisotopic (exact) mass is 249 g/mol. The Morgan fingerprint density at radius 1 is 1.17 bits per heavy atom. The molecule has 1 aliphatic heterocycles. The number of piperazine rings is 1. The molecule has 1 N–H and O–H groups in total. The van der Waals surface area contributed by atoms with Gasteiger partial charge in [-0.05, 0) is 31.4 Å². The lowest BCUT2D eigenvalue weighted by Crippen LogP contribution is -2.46. The molecule has 0 amide bonds. The van der Waals surface area contributed by atoms with E-state index in [4.69, 9.17) is 0 Å². The highest BCUT2D eigenvalue weighted by Gasteiger charge is 2.27. The normalized spacial score (nSPS) is 19.4. The number of hydrogen-bond acceptors (Lipinski definition) is 2. The molecule has 0 bridgehead atoms. The van der Waals surface area contributed by atoms with Gasteiger partial charge < -0.3 is 9.88 Å². The van der Waals surface area contributed by atoms with Gasteiger partial charge in [-0.1, -0.05) is 13.8 Å². The quantitative estimate of drug-likeness (QED) is 0.886. The van der Waals surface area contributed by atoms with Crippen LogP contribution in [0.5, 0.6) is 0 Å². The van der Waals surface area contributed by atoms with E-state index in [-0.39, 0.29) is 0 Å². The van der Waals surface area contributed by atoms with Crippen molar-refractivity contribution in [1.82, 2.24) is 14.8 Å². The SMILES string of the molecule is Cc1cc(C(C(C)C)N2CCNCC2)c(C)n1C. The molecule has 1 fully saturated rings. The maximum Gasteiger partial charge on any atom is 0.0389 e. The van der Waals surface area contributed by atoms with Crippen molar-refractivity contribution in [3.05, 3.63) is 23.0 Å². The van der Waals surface area contributed by atoms with E-state index in [9.17, 15) is 0 Å². The van der Waals surface area contributed by atoms with Crippen LogP contribution in [0.1, 0.15) is 36.8 Å². The lowest BCUT2D eigenvalue weighted by molar-refractivity contribution is 0.136. The molecular weight excluding hydrogens is 222 g/mol. The fourth-order valence-corrected chi connectivity index (χ4v) is 3.12. The average molecular weight is 249 g/mol. The van der Waals surface area contributed by atoms with Gasteiger partial charge in [0.2, 0.25) is 0 Å². The number of nitrogens with zero attached hydrogens (tertiary/aromatic N) is 2. The summed E-state index contributed by atoms with van der Waals surface area (Å²) >= 11 is 0. The average Bonchev–Trinajstić information content (AvgIpc) is 2.59. The van der Waals surface area contributed by atoms with Gasteiger partial charge in [-0.2, -0.15) is 0 Å². The molecule has 102 valence electrons. The van der Waals surface area contributed by atoms with Crippen LogP contribution < -0.4 is 5.32 Å². The van der Waals surface area contributed by atoms with Crippen LogP contribution in [0.15, 0.2) is 6.07 Å². The molecule has 3 nitrogen and oxygen atoms in total. The van der Waals surface area contributed by atoms with Crippen LogP contribution in [0.2, 0.25) is 0 Å². The number of nitrogens with one attached hydrogen (secondary N) is 1. The van der Waals surface area contributed by atoms with Crippen LogP contribution in [0, 0.1) is 19.8 Å². The number of aromatic nitrogens is 1. The zero-order chi connectivity index (χ0) is 13.3. The standard InChI is InChI=1S/C15H27N3/c1-11(2)15(18-8-6-16-7-9-18)14-10-12(3)17(5)13(14)4/h10-11,15-16H,6-9H2,1-5H3. The van der Waals surface area contributed by atoms with Crippen molar-refractivity contribution in [2.24, 2.45) is 13.0 Å². The first kappa shape index (κ1) is 13.6. The highest BCUT2D eigenvalue weighted by Crippen LogP contribution is 2.32. The third kappa shape index (κ3) is 2.47. The second kappa shape index (κ2) is 5.45. The van der Waals surface area contributed by atoms with E-state index in [1.165, 1.54) is 17.0 Å². The maximum absolute atomic E-state index is 3.44. The van der Waals surface area contributed by atoms with Crippen molar-refractivity contribution in [1.29, 1.82) is 0 Å². The van der Waals surface area contributed by atoms with Gasteiger partial charge >= 0.3 is 0 Å². The van der Waals surface area contributed by atoms with E-state index in [0.29, 0.717) is 12.0 Å². The Morgan fingerprint density at radius 2 is 1.78 bits per heavy atom. The molecule has 1 unspecified atom stereocenters. The molecule has 0 aliphatic carbocycles. The van der Waals surface area contributed by atoms with Crippen molar-refractivity contribution in [3.8, 4) is 0 Å². The molecule has 2 rings (SSSR count). The Bertz CT molecular complexity index is 400. The Morgan fingerprint density at radius 3 is 2.22 bits per heavy atom. The Labute approximate surface area is 111 Å². The maximum atomic E-state index is 3.44. The molecule has 2 heterocycles. The van der Waals surface area contributed by atoms with Crippen molar-refractivity contribution in [2.75, 3.05) is 26.2 Å². The lowest BCUT2D eigenvalue weighted by Gasteiger charge is -2.37. The van der Waals surface area contributed by atoms with Gasteiger partial charge in [-0.3, -0.25) is 4.90 Å². The zero-order valence-electron chi connectivity index (χ0n) is 12.5. The molecule has 1 aromatic rings. The van der Waals surface area contributed by atoms with Crippen molar-refractivity contribution >= 4 is 0 Å². The van der Waals surface area contributed by atoms with E-state index >= 15 is 0 Å². The molecule has 0 aromatic carbocycles. The number of hydrogen-bond donors (Lipinski definition) is 1. The van der Waals surface area contributed by atoms with E-state index in [1.54, 1.807) is 0 Å². The largest absolute Gasteiger partial charge is 0.352 e. The molecule has 0 spiro atoms. The summed E-state index contributed by atoms with van der Waals surface area (Å²) in [7, 11) is 2.17. The second-order valence-corrected chi connectivity index (χ2v) is 5.86. The summed E-state index contributed by atoms with van der Waals surface area (Å²) in [4.78, 5) is 2.64. The minimum Gasteiger partial charge on any atom is -0.352 e. The van der Waals surface area contributed by atoms with Gasteiger partial charge in [0, 0.05) is 50.7 Å². The van der Waals surface area contributed by atoms with E-state index in [2.05, 4.69) is 55.6 Å². The molecule has 1 atom stereocenters. The first-order chi connectivity index (χ1) is 8.52. The summed E-state index contributed by atoms with van der Waals surface area (Å²) in [6, 6.07) is 2.94. The first-order valence-electron chi connectivity index (χ1n) is 7.10. The third-order valence-corrected chi connectivity index (χ3v) is 4.31. The van der Waals surface area contributed by atoms with Crippen molar-refractivity contribution < 1.29 is 0 Å². The molecule has 3 heteroatoms. The van der Waals surface area contributed by atoms with Gasteiger partial charge in [-0.25, -0.2) is 0 Å². The predicted molar refractivity (Wildman–Crippen MR) is 76.9 cm³/mol. The Balaban J connectivity index is 2.31. The third-order valence-electron chi connectivity index (χ3n) is 4.31. The predicted octanol–water partition coefficient (Wildman–Crippen LogP) is 2.24. The molecule has 1 saturated heterocycles. The van der Waals surface area contributed by atoms with Gasteiger partial charge in [0.25, 0.3) is 0 Å². The summed E-state index contributed by atoms with van der Waals surface area (Å²) in [6.45, 7) is 13.7. The summed E-state index contributed by atoms with van der Waals surface area (Å²) in [5, 5.41) is 3.44. The van der Waals surface area contributed by atoms with Gasteiger partial charge in [0.05, 0.1) is 0 Å². The van der Waals surface area contributed by atoms with Gasteiger partial charge in [-0.15, -0.1) is 0 Å². The highest BCUT2D eigenvalue weighted by atomic mass is 15.2. The van der Waals surface area contributed by atoms with E-state index in [1.807, 2.05) is 0 Å². The molecule has 0 radical (unpaired) electrons. The number of rotatable bonds is 3. The van der Waals surface area contributed by atoms with Crippen molar-refractivity contribution in [2.45, 2.75) is 33.7 Å². The summed E-state index contributed by atoms with van der Waals surface area (Å²) in [5.74, 6) is 0.656. The first-order valence-corrected chi connectivity index (χ1v) is 7.10. The minimum absolute atomic E-state index is 0.562. The van der Waals surface area contributed by atoms with Crippen molar-refractivity contribution in [3.63, 3.8) is 0 Å². The molecule has 0 saturated carbocycles. The zero-order valence-corrected chi connectivity index (χ0v) is 12.5. The van der Waals surface area contributed by atoms with E-state index in [0.717, 1.165) is 26.2 Å². The molecular formula is C15H27N3. The topological polar surface area (TPSA) is 20.2 Å². The smallest absolute Gasteiger partial charge is 0.0389 e. The molecule has 18 heavy (non-hydrogen) atoms. The van der Waals surface area contributed by atoms with Crippen LogP contribution in [0.4, 0.5) is 0 Å².